The Morgan fingerprint density at radius 1 is 1.53 bits per heavy atom. The minimum absolute atomic E-state index is 0.231. The summed E-state index contributed by atoms with van der Waals surface area (Å²) in [6, 6.07) is 4.85. The van der Waals surface area contributed by atoms with Crippen LogP contribution in [-0.2, 0) is 11.2 Å². The summed E-state index contributed by atoms with van der Waals surface area (Å²) >= 11 is 3.30. The predicted octanol–water partition coefficient (Wildman–Crippen LogP) is 2.49. The molecule has 15 heavy (non-hydrogen) atoms. The number of halogens is 2. The van der Waals surface area contributed by atoms with Crippen LogP contribution in [0.3, 0.4) is 0 Å². The van der Waals surface area contributed by atoms with Crippen molar-refractivity contribution in [3.63, 3.8) is 0 Å². The van der Waals surface area contributed by atoms with Gasteiger partial charge in [0, 0.05) is 17.1 Å². The van der Waals surface area contributed by atoms with Crippen molar-refractivity contribution in [1.82, 2.24) is 0 Å². The normalized spacial score (nSPS) is 15.0. The molecule has 0 radical (unpaired) electrons. The number of nitrogens with two attached hydrogens (primary N) is 1. The van der Waals surface area contributed by atoms with Gasteiger partial charge in [-0.25, -0.2) is 4.39 Å². The molecule has 0 fully saturated rings. The van der Waals surface area contributed by atoms with Crippen molar-refractivity contribution in [2.75, 3.05) is 13.7 Å². The summed E-state index contributed by atoms with van der Waals surface area (Å²) in [6.45, 7) is 2.25. The fourth-order valence-electron chi connectivity index (χ4n) is 1.49. The van der Waals surface area contributed by atoms with E-state index in [0.717, 1.165) is 4.47 Å². The minimum atomic E-state index is -0.545. The first-order valence-electron chi connectivity index (χ1n) is 4.66. The van der Waals surface area contributed by atoms with Gasteiger partial charge < -0.3 is 10.5 Å². The van der Waals surface area contributed by atoms with E-state index in [4.69, 9.17) is 10.5 Å². The summed E-state index contributed by atoms with van der Waals surface area (Å²) in [5, 5.41) is 0. The Balaban J connectivity index is 2.83. The van der Waals surface area contributed by atoms with Crippen molar-refractivity contribution in [3.8, 4) is 0 Å². The number of hydrogen-bond acceptors (Lipinski definition) is 2. The molecule has 0 heterocycles. The van der Waals surface area contributed by atoms with Crippen LogP contribution >= 0.6 is 15.9 Å². The molecule has 0 bridgehead atoms. The van der Waals surface area contributed by atoms with Crippen LogP contribution in [0.5, 0.6) is 0 Å². The Kier molecular flexibility index (Phi) is 4.25. The van der Waals surface area contributed by atoms with Crippen LogP contribution in [0.2, 0.25) is 0 Å². The van der Waals surface area contributed by atoms with E-state index >= 15 is 0 Å². The summed E-state index contributed by atoms with van der Waals surface area (Å²) in [5.41, 5.74) is 6.03. The van der Waals surface area contributed by atoms with Gasteiger partial charge in [0.05, 0.1) is 6.61 Å². The second-order valence-corrected chi connectivity index (χ2v) is 4.92. The monoisotopic (exact) mass is 275 g/mol. The van der Waals surface area contributed by atoms with Crippen LogP contribution in [-0.4, -0.2) is 19.3 Å². The summed E-state index contributed by atoms with van der Waals surface area (Å²) in [7, 11) is 1.59. The molecule has 1 aromatic carbocycles. The third-order valence-corrected chi connectivity index (χ3v) is 2.57. The molecule has 84 valence electrons. The molecule has 0 aliphatic rings. The molecule has 0 spiro atoms. The molecule has 0 saturated heterocycles. The number of benzene rings is 1. The smallest absolute Gasteiger partial charge is 0.126 e. The molecule has 2 nitrogen and oxygen atoms in total. The van der Waals surface area contributed by atoms with E-state index in [-0.39, 0.29) is 5.82 Å². The van der Waals surface area contributed by atoms with Crippen molar-refractivity contribution in [1.29, 1.82) is 0 Å². The first kappa shape index (κ1) is 12.6. The maximum Gasteiger partial charge on any atom is 0.126 e. The highest BCUT2D eigenvalue weighted by molar-refractivity contribution is 9.10. The van der Waals surface area contributed by atoms with Crippen molar-refractivity contribution >= 4 is 15.9 Å². The van der Waals surface area contributed by atoms with Crippen LogP contribution in [0.4, 0.5) is 4.39 Å². The van der Waals surface area contributed by atoms with Gasteiger partial charge in [-0.3, -0.25) is 0 Å². The first-order chi connectivity index (χ1) is 6.94. The first-order valence-corrected chi connectivity index (χ1v) is 5.46. The van der Waals surface area contributed by atoms with Gasteiger partial charge >= 0.3 is 0 Å². The van der Waals surface area contributed by atoms with Crippen LogP contribution in [0.25, 0.3) is 0 Å². The van der Waals surface area contributed by atoms with Gasteiger partial charge in [-0.2, -0.15) is 0 Å². The molecule has 0 aromatic heterocycles. The lowest BCUT2D eigenvalue weighted by molar-refractivity contribution is 0.140. The van der Waals surface area contributed by atoms with Crippen molar-refractivity contribution in [2.24, 2.45) is 5.73 Å². The van der Waals surface area contributed by atoms with E-state index < -0.39 is 5.54 Å². The van der Waals surface area contributed by atoms with Crippen LogP contribution in [0.1, 0.15) is 12.5 Å². The Hall–Kier alpha value is -0.450. The topological polar surface area (TPSA) is 35.2 Å². The summed E-state index contributed by atoms with van der Waals surface area (Å²) in [6.07, 6.45) is 0.451. The zero-order valence-electron chi connectivity index (χ0n) is 8.89. The Bertz CT molecular complexity index is 341. The molecule has 0 aliphatic heterocycles. The Morgan fingerprint density at radius 2 is 2.20 bits per heavy atom. The maximum absolute atomic E-state index is 13.4. The summed E-state index contributed by atoms with van der Waals surface area (Å²) in [4.78, 5) is 0. The zero-order chi connectivity index (χ0) is 11.5. The van der Waals surface area contributed by atoms with Gasteiger partial charge in [-0.15, -0.1) is 0 Å². The highest BCUT2D eigenvalue weighted by Gasteiger charge is 2.20. The largest absolute Gasteiger partial charge is 0.383 e. The standard InChI is InChI=1S/C11H15BrFNO/c1-11(14,7-15-2)6-8-5-9(12)3-4-10(8)13/h3-5H,6-7,14H2,1-2H3. The molecule has 0 saturated carbocycles. The molecular weight excluding hydrogens is 261 g/mol. The molecular formula is C11H15BrFNO. The second-order valence-electron chi connectivity index (χ2n) is 4.00. The van der Waals surface area contributed by atoms with Gasteiger partial charge in [0.15, 0.2) is 0 Å². The van der Waals surface area contributed by atoms with E-state index in [1.807, 2.05) is 6.92 Å². The molecule has 0 amide bonds. The zero-order valence-corrected chi connectivity index (χ0v) is 10.5. The Labute approximate surface area is 97.7 Å². The fraction of sp³-hybridized carbons (Fsp3) is 0.455. The van der Waals surface area contributed by atoms with Crippen molar-refractivity contribution < 1.29 is 9.13 Å². The lowest BCUT2D eigenvalue weighted by Gasteiger charge is -2.23. The third kappa shape index (κ3) is 3.89. The van der Waals surface area contributed by atoms with Crippen LogP contribution in [0.15, 0.2) is 22.7 Å². The number of methoxy groups -OCH3 is 1. The molecule has 0 aliphatic carbocycles. The highest BCUT2D eigenvalue weighted by Crippen LogP contribution is 2.19. The van der Waals surface area contributed by atoms with Crippen LogP contribution < -0.4 is 5.73 Å². The van der Waals surface area contributed by atoms with Gasteiger partial charge in [0.2, 0.25) is 0 Å². The lowest BCUT2D eigenvalue weighted by atomic mass is 9.94. The SMILES string of the molecule is COCC(C)(N)Cc1cc(Br)ccc1F. The molecule has 1 rings (SSSR count). The number of ether oxygens (including phenoxy) is 1. The summed E-state index contributed by atoms with van der Waals surface area (Å²) in [5.74, 6) is -0.231. The lowest BCUT2D eigenvalue weighted by Crippen LogP contribution is -2.43. The molecule has 1 unspecified atom stereocenters. The van der Waals surface area contributed by atoms with E-state index in [0.29, 0.717) is 18.6 Å². The average Bonchev–Trinajstić information content (AvgIpc) is 2.10. The molecule has 1 atom stereocenters. The van der Waals surface area contributed by atoms with Gasteiger partial charge in [-0.1, -0.05) is 15.9 Å². The van der Waals surface area contributed by atoms with E-state index in [2.05, 4.69) is 15.9 Å². The summed E-state index contributed by atoms with van der Waals surface area (Å²) < 4.78 is 19.3. The van der Waals surface area contributed by atoms with E-state index in [1.165, 1.54) is 6.07 Å². The molecule has 2 N–H and O–H groups in total. The molecule has 1 aromatic rings. The molecule has 4 heteroatoms. The number of hydrogen-bond donors (Lipinski definition) is 1. The van der Waals surface area contributed by atoms with E-state index in [9.17, 15) is 4.39 Å². The van der Waals surface area contributed by atoms with E-state index in [1.54, 1.807) is 19.2 Å². The van der Waals surface area contributed by atoms with Gasteiger partial charge in [-0.05, 0) is 37.1 Å². The van der Waals surface area contributed by atoms with Gasteiger partial charge in [0.1, 0.15) is 5.82 Å². The second kappa shape index (κ2) is 5.05. The van der Waals surface area contributed by atoms with Crippen molar-refractivity contribution in [3.05, 3.63) is 34.1 Å². The van der Waals surface area contributed by atoms with Crippen LogP contribution in [0, 0.1) is 5.82 Å². The van der Waals surface area contributed by atoms with Crippen molar-refractivity contribution in [2.45, 2.75) is 18.9 Å². The predicted molar refractivity (Wildman–Crippen MR) is 62.3 cm³/mol. The minimum Gasteiger partial charge on any atom is -0.383 e. The highest BCUT2D eigenvalue weighted by atomic mass is 79.9. The Morgan fingerprint density at radius 3 is 2.80 bits per heavy atom. The van der Waals surface area contributed by atoms with Gasteiger partial charge in [0.25, 0.3) is 0 Å². The average molecular weight is 276 g/mol. The third-order valence-electron chi connectivity index (χ3n) is 2.08. The maximum atomic E-state index is 13.4. The number of rotatable bonds is 4. The quantitative estimate of drug-likeness (QED) is 0.917. The fourth-order valence-corrected chi connectivity index (χ4v) is 1.90.